The quantitative estimate of drug-likeness (QED) is 0.584. The molecule has 1 unspecified atom stereocenters. The van der Waals surface area contributed by atoms with Crippen molar-refractivity contribution in [3.63, 3.8) is 0 Å². The number of piperidine rings is 1. The van der Waals surface area contributed by atoms with Crippen molar-refractivity contribution < 1.29 is 24.3 Å². The first-order chi connectivity index (χ1) is 13.3. The molecule has 2 rings (SSSR count). The monoisotopic (exact) mass is 396 g/mol. The topological polar surface area (TPSA) is 119 Å². The van der Waals surface area contributed by atoms with Crippen molar-refractivity contribution >= 4 is 23.8 Å². The van der Waals surface area contributed by atoms with Crippen molar-refractivity contribution in [3.05, 3.63) is 0 Å². The number of hydrogen-bond donors (Lipinski definition) is 3. The molecule has 0 aliphatic carbocycles. The molecule has 2 saturated heterocycles. The first-order valence-electron chi connectivity index (χ1n) is 10.1. The Kier molecular flexibility index (Phi) is 8.07. The fourth-order valence-corrected chi connectivity index (χ4v) is 3.72. The Balaban J connectivity index is 1.79. The van der Waals surface area contributed by atoms with Gasteiger partial charge in [0.1, 0.15) is 6.04 Å². The van der Waals surface area contributed by atoms with Crippen LogP contribution in [-0.4, -0.2) is 77.5 Å². The summed E-state index contributed by atoms with van der Waals surface area (Å²) >= 11 is 0. The van der Waals surface area contributed by atoms with Gasteiger partial charge in [0, 0.05) is 26.2 Å². The smallest absolute Gasteiger partial charge is 0.326 e. The van der Waals surface area contributed by atoms with Crippen molar-refractivity contribution in [3.8, 4) is 0 Å². The molecule has 2 fully saturated rings. The predicted octanol–water partition coefficient (Wildman–Crippen LogP) is 0.646. The Labute approximate surface area is 165 Å². The number of carboxylic acids is 1. The van der Waals surface area contributed by atoms with Crippen LogP contribution < -0.4 is 10.6 Å². The van der Waals surface area contributed by atoms with E-state index in [2.05, 4.69) is 10.6 Å². The van der Waals surface area contributed by atoms with Crippen LogP contribution in [0.1, 0.15) is 46.0 Å². The molecule has 4 amide bonds. The van der Waals surface area contributed by atoms with Gasteiger partial charge in [0.05, 0.1) is 12.5 Å². The highest BCUT2D eigenvalue weighted by molar-refractivity contribution is 5.88. The van der Waals surface area contributed by atoms with E-state index in [0.717, 1.165) is 32.4 Å². The number of carboxylic acid groups (broad SMARTS) is 1. The molecule has 0 saturated carbocycles. The van der Waals surface area contributed by atoms with Crippen molar-refractivity contribution in [2.45, 2.75) is 52.0 Å². The van der Waals surface area contributed by atoms with Gasteiger partial charge in [0.2, 0.25) is 11.8 Å². The van der Waals surface area contributed by atoms with E-state index in [-0.39, 0.29) is 30.3 Å². The van der Waals surface area contributed by atoms with Gasteiger partial charge in [-0.15, -0.1) is 0 Å². The van der Waals surface area contributed by atoms with Gasteiger partial charge in [-0.2, -0.15) is 0 Å². The Morgan fingerprint density at radius 1 is 1.04 bits per heavy atom. The van der Waals surface area contributed by atoms with Crippen LogP contribution in [0.25, 0.3) is 0 Å². The minimum Gasteiger partial charge on any atom is -0.480 e. The highest BCUT2D eigenvalue weighted by Gasteiger charge is 2.31. The molecule has 28 heavy (non-hydrogen) atoms. The van der Waals surface area contributed by atoms with Crippen LogP contribution >= 0.6 is 0 Å². The summed E-state index contributed by atoms with van der Waals surface area (Å²) in [4.78, 5) is 51.7. The third-order valence-corrected chi connectivity index (χ3v) is 5.20. The van der Waals surface area contributed by atoms with Crippen LogP contribution in [0.15, 0.2) is 0 Å². The molecule has 2 aliphatic heterocycles. The second-order valence-electron chi connectivity index (χ2n) is 8.07. The first-order valence-corrected chi connectivity index (χ1v) is 10.1. The summed E-state index contributed by atoms with van der Waals surface area (Å²) in [6.45, 7) is 6.03. The zero-order chi connectivity index (χ0) is 20.7. The van der Waals surface area contributed by atoms with Gasteiger partial charge in [-0.1, -0.05) is 13.8 Å². The van der Waals surface area contributed by atoms with Crippen LogP contribution in [0.5, 0.6) is 0 Å². The summed E-state index contributed by atoms with van der Waals surface area (Å²) in [6, 6.07) is -0.974. The molecule has 0 aromatic heterocycles. The van der Waals surface area contributed by atoms with Crippen molar-refractivity contribution in [1.29, 1.82) is 0 Å². The van der Waals surface area contributed by atoms with Gasteiger partial charge < -0.3 is 25.5 Å². The van der Waals surface area contributed by atoms with Gasteiger partial charge >= 0.3 is 12.0 Å². The van der Waals surface area contributed by atoms with Crippen LogP contribution in [-0.2, 0) is 14.4 Å². The number of amides is 4. The highest BCUT2D eigenvalue weighted by Crippen LogP contribution is 2.19. The summed E-state index contributed by atoms with van der Waals surface area (Å²) in [5, 5.41) is 14.2. The molecule has 0 aromatic carbocycles. The van der Waals surface area contributed by atoms with E-state index in [0.29, 0.717) is 25.9 Å². The van der Waals surface area contributed by atoms with Crippen LogP contribution in [0.2, 0.25) is 0 Å². The normalized spacial score (nSPS) is 20.8. The van der Waals surface area contributed by atoms with Gasteiger partial charge in [0.15, 0.2) is 0 Å². The Morgan fingerprint density at radius 3 is 2.29 bits per heavy atom. The van der Waals surface area contributed by atoms with Gasteiger partial charge in [-0.25, -0.2) is 9.59 Å². The number of rotatable bonds is 7. The number of likely N-dealkylation sites (tertiary alicyclic amines) is 2. The van der Waals surface area contributed by atoms with Crippen molar-refractivity contribution in [2.75, 3.05) is 32.7 Å². The SMILES string of the molecule is CC(C)C[C@H](NC(=O)CNC(=O)C1CCCN(C(=O)N2CCCC2)C1)C(=O)O. The lowest BCUT2D eigenvalue weighted by atomic mass is 9.97. The Morgan fingerprint density at radius 2 is 1.68 bits per heavy atom. The number of urea groups is 1. The molecule has 0 aromatic rings. The molecule has 9 nitrogen and oxygen atoms in total. The second kappa shape index (κ2) is 10.3. The van der Waals surface area contributed by atoms with E-state index in [1.165, 1.54) is 0 Å². The molecular formula is C19H32N4O5. The zero-order valence-corrected chi connectivity index (χ0v) is 16.8. The predicted molar refractivity (Wildman–Crippen MR) is 103 cm³/mol. The summed E-state index contributed by atoms with van der Waals surface area (Å²) in [5.41, 5.74) is 0. The molecule has 9 heteroatoms. The van der Waals surface area contributed by atoms with Gasteiger partial charge in [0.25, 0.3) is 0 Å². The van der Waals surface area contributed by atoms with Gasteiger partial charge in [-0.3, -0.25) is 9.59 Å². The number of nitrogens with zero attached hydrogens (tertiary/aromatic N) is 2. The summed E-state index contributed by atoms with van der Waals surface area (Å²) in [5.74, 6) is -2.11. The van der Waals surface area contributed by atoms with Crippen molar-refractivity contribution in [1.82, 2.24) is 20.4 Å². The van der Waals surface area contributed by atoms with E-state index < -0.39 is 17.9 Å². The molecular weight excluding hydrogens is 364 g/mol. The number of hydrogen-bond acceptors (Lipinski definition) is 4. The van der Waals surface area contributed by atoms with Crippen LogP contribution in [0.4, 0.5) is 4.79 Å². The largest absolute Gasteiger partial charge is 0.480 e. The third kappa shape index (κ3) is 6.38. The molecule has 2 heterocycles. The average molecular weight is 396 g/mol. The Hall–Kier alpha value is -2.32. The Bertz CT molecular complexity index is 589. The van der Waals surface area contributed by atoms with Crippen LogP contribution in [0.3, 0.4) is 0 Å². The maximum Gasteiger partial charge on any atom is 0.326 e. The van der Waals surface area contributed by atoms with Crippen molar-refractivity contribution in [2.24, 2.45) is 11.8 Å². The fourth-order valence-electron chi connectivity index (χ4n) is 3.72. The number of nitrogens with one attached hydrogen (secondary N) is 2. The second-order valence-corrected chi connectivity index (χ2v) is 8.07. The minimum absolute atomic E-state index is 0.00858. The molecule has 2 aliphatic rings. The number of carbonyl (C=O) groups excluding carboxylic acids is 3. The minimum atomic E-state index is -1.09. The summed E-state index contributed by atoms with van der Waals surface area (Å²) < 4.78 is 0. The standard InChI is InChI=1S/C19H32N4O5/c1-13(2)10-15(18(26)27)21-16(24)11-20-17(25)14-6-5-9-23(12-14)19(28)22-7-3-4-8-22/h13-15H,3-12H2,1-2H3,(H,20,25)(H,21,24)(H,26,27)/t14?,15-/m0/s1. The third-order valence-electron chi connectivity index (χ3n) is 5.20. The van der Waals surface area contributed by atoms with E-state index in [4.69, 9.17) is 0 Å². The summed E-state index contributed by atoms with van der Waals surface area (Å²) in [7, 11) is 0. The maximum absolute atomic E-state index is 12.5. The van der Waals surface area contributed by atoms with E-state index in [9.17, 15) is 24.3 Å². The van der Waals surface area contributed by atoms with E-state index in [1.54, 1.807) is 4.90 Å². The molecule has 0 spiro atoms. The average Bonchev–Trinajstić information content (AvgIpc) is 3.19. The lowest BCUT2D eigenvalue weighted by molar-refractivity contribution is -0.142. The molecule has 0 bridgehead atoms. The van der Waals surface area contributed by atoms with E-state index in [1.807, 2.05) is 18.7 Å². The van der Waals surface area contributed by atoms with E-state index >= 15 is 0 Å². The first kappa shape index (κ1) is 22.0. The van der Waals surface area contributed by atoms with Crippen LogP contribution in [0, 0.1) is 11.8 Å². The lowest BCUT2D eigenvalue weighted by Gasteiger charge is -2.34. The molecule has 3 N–H and O–H groups in total. The summed E-state index contributed by atoms with van der Waals surface area (Å²) in [6.07, 6.45) is 3.78. The maximum atomic E-state index is 12.5. The number of aliphatic carboxylic acids is 1. The zero-order valence-electron chi connectivity index (χ0n) is 16.8. The molecule has 158 valence electrons. The number of carbonyl (C=O) groups is 4. The highest BCUT2D eigenvalue weighted by atomic mass is 16.4. The van der Waals surface area contributed by atoms with Gasteiger partial charge in [-0.05, 0) is 38.0 Å². The molecule has 2 atom stereocenters. The fraction of sp³-hybridized carbons (Fsp3) is 0.789. The lowest BCUT2D eigenvalue weighted by Crippen LogP contribution is -2.51. The molecule has 0 radical (unpaired) electrons.